The van der Waals surface area contributed by atoms with Gasteiger partial charge in [0.2, 0.25) is 16.3 Å². The number of rotatable bonds is 2. The van der Waals surface area contributed by atoms with Gasteiger partial charge in [0.15, 0.2) is 0 Å². The molecule has 0 bridgehead atoms. The average molecular weight is 169 g/mol. The maximum absolute atomic E-state index is 5.85. The van der Waals surface area contributed by atoms with Gasteiger partial charge in [-0.25, -0.2) is 0 Å². The summed E-state index contributed by atoms with van der Waals surface area (Å²) in [5, 5.41) is 0.170. The highest BCUT2D eigenvalue weighted by Crippen LogP contribution is 2.15. The Hall–Kier alpha value is 1.11. The molecule has 0 saturated carbocycles. The monoisotopic (exact) mass is 168 g/mol. The zero-order valence-corrected chi connectivity index (χ0v) is 9.00. The van der Waals surface area contributed by atoms with Crippen LogP contribution in [0.3, 0.4) is 0 Å². The van der Waals surface area contributed by atoms with Crippen LogP contribution in [0.4, 0.5) is 0 Å². The van der Waals surface area contributed by atoms with Gasteiger partial charge in [-0.15, -0.1) is 23.2 Å². The Morgan fingerprint density at radius 1 is 1.25 bits per heavy atom. The number of hydrogen-bond acceptors (Lipinski definition) is 0. The van der Waals surface area contributed by atoms with Gasteiger partial charge in [0.1, 0.15) is 0 Å². The predicted molar refractivity (Wildman–Crippen MR) is 42.7 cm³/mol. The molecule has 0 fully saturated rings. The Morgan fingerprint density at radius 2 is 1.62 bits per heavy atom. The van der Waals surface area contributed by atoms with Crippen LogP contribution in [0.2, 0.25) is 0 Å². The van der Waals surface area contributed by atoms with Gasteiger partial charge in [-0.3, -0.25) is 0 Å². The van der Waals surface area contributed by atoms with Crippen LogP contribution in [0.15, 0.2) is 0 Å². The molecule has 0 saturated heterocycles. The minimum absolute atomic E-state index is 0.170. The fourth-order valence-corrected chi connectivity index (χ4v) is 1.59. The van der Waals surface area contributed by atoms with Crippen LogP contribution in [0.25, 0.3) is 0 Å². The van der Waals surface area contributed by atoms with Crippen LogP contribution in [0, 0.1) is 5.92 Å². The van der Waals surface area contributed by atoms with Gasteiger partial charge in [-0.2, -0.15) is 0 Å². The summed E-state index contributed by atoms with van der Waals surface area (Å²) in [4.78, 5) is 0. The van der Waals surface area contributed by atoms with Crippen LogP contribution < -0.4 is 0 Å². The molecule has 0 amide bonds. The molecule has 0 rings (SSSR count). The third-order valence-corrected chi connectivity index (χ3v) is 3.50. The smallest absolute Gasteiger partial charge is 0.139 e. The summed E-state index contributed by atoms with van der Waals surface area (Å²) in [5.41, 5.74) is 0. The number of halogens is 2. The van der Waals surface area contributed by atoms with Crippen LogP contribution in [-0.2, 0) is 0 Å². The first kappa shape index (κ1) is 9.11. The molecular formula is C5H11AlCl2. The normalized spacial score (nSPS) is 18.6. The van der Waals surface area contributed by atoms with E-state index in [1.54, 1.807) is 0 Å². The van der Waals surface area contributed by atoms with Crippen molar-refractivity contribution in [1.29, 1.82) is 0 Å². The van der Waals surface area contributed by atoms with E-state index >= 15 is 0 Å². The Labute approximate surface area is 69.0 Å². The summed E-state index contributed by atoms with van der Waals surface area (Å²) in [6.07, 6.45) is 0. The Bertz CT molecular complexity index is 55.4. The molecule has 0 aromatic heterocycles. The van der Waals surface area contributed by atoms with Gasteiger partial charge in [-0.1, -0.05) is 13.8 Å². The maximum Gasteiger partial charge on any atom is 0.243 e. The number of hydrogen-bond donors (Lipinski definition) is 0. The molecule has 2 unspecified atom stereocenters. The van der Waals surface area contributed by atoms with Crippen molar-refractivity contribution >= 4 is 39.5 Å². The standard InChI is InChI=1S/C5H9Cl2.Al.2H/c1-4(2)5(7)3-6;;;/h3-5H,1-2H3;;;. The lowest BCUT2D eigenvalue weighted by molar-refractivity contribution is 0.623. The zero-order valence-electron chi connectivity index (χ0n) is 5.49. The van der Waals surface area contributed by atoms with Gasteiger partial charge in [-0.05, 0) is 10.2 Å². The summed E-state index contributed by atoms with van der Waals surface area (Å²) in [6.45, 7) is 4.18. The summed E-state index contributed by atoms with van der Waals surface area (Å²) < 4.78 is 0.219. The van der Waals surface area contributed by atoms with Crippen molar-refractivity contribution in [2.75, 3.05) is 0 Å². The fraction of sp³-hybridized carbons (Fsp3) is 1.00. The lowest BCUT2D eigenvalue weighted by atomic mass is 10.1. The van der Waals surface area contributed by atoms with Crippen molar-refractivity contribution in [2.24, 2.45) is 5.92 Å². The maximum atomic E-state index is 5.85. The molecule has 0 aliphatic rings. The molecule has 0 heterocycles. The van der Waals surface area contributed by atoms with Crippen molar-refractivity contribution in [3.63, 3.8) is 0 Å². The minimum atomic E-state index is 0.170. The van der Waals surface area contributed by atoms with E-state index in [0.29, 0.717) is 5.92 Å². The van der Waals surface area contributed by atoms with Crippen LogP contribution in [0.5, 0.6) is 0 Å². The molecule has 0 aliphatic heterocycles. The van der Waals surface area contributed by atoms with Crippen LogP contribution in [-0.4, -0.2) is 25.9 Å². The highest BCUT2D eigenvalue weighted by molar-refractivity contribution is 6.45. The van der Waals surface area contributed by atoms with E-state index in [2.05, 4.69) is 13.8 Å². The van der Waals surface area contributed by atoms with Gasteiger partial charge in [0.25, 0.3) is 0 Å². The summed E-state index contributed by atoms with van der Waals surface area (Å²) in [7, 11) is 0. The highest BCUT2D eigenvalue weighted by Gasteiger charge is 2.14. The summed E-state index contributed by atoms with van der Waals surface area (Å²) >= 11 is 12.6. The summed E-state index contributed by atoms with van der Waals surface area (Å²) in [5.74, 6) is 0.511. The summed E-state index contributed by atoms with van der Waals surface area (Å²) in [6, 6.07) is 0. The van der Waals surface area contributed by atoms with Crippen molar-refractivity contribution in [3.8, 4) is 0 Å². The largest absolute Gasteiger partial charge is 0.243 e. The second-order valence-electron chi connectivity index (χ2n) is 2.37. The highest BCUT2D eigenvalue weighted by atomic mass is 35.5. The SMILES string of the molecule is CC(C)C(Cl)[CH]([AlH2])Cl. The molecule has 48 valence electrons. The molecule has 2 atom stereocenters. The molecular weight excluding hydrogens is 158 g/mol. The third-order valence-electron chi connectivity index (χ3n) is 1.08. The van der Waals surface area contributed by atoms with E-state index in [9.17, 15) is 0 Å². The van der Waals surface area contributed by atoms with Crippen molar-refractivity contribution < 1.29 is 0 Å². The molecule has 0 aliphatic carbocycles. The molecule has 8 heavy (non-hydrogen) atoms. The first-order valence-electron chi connectivity index (χ1n) is 2.84. The second-order valence-corrected chi connectivity index (χ2v) is 5.53. The number of alkyl halides is 2. The molecule has 0 N–H and O–H groups in total. The van der Waals surface area contributed by atoms with Crippen molar-refractivity contribution in [1.82, 2.24) is 0 Å². The molecule has 0 radical (unpaired) electrons. The lowest BCUT2D eigenvalue weighted by Crippen LogP contribution is -2.20. The van der Waals surface area contributed by atoms with Gasteiger partial charge < -0.3 is 0 Å². The molecule has 0 nitrogen and oxygen atoms in total. The van der Waals surface area contributed by atoms with Crippen LogP contribution in [0.1, 0.15) is 13.8 Å². The van der Waals surface area contributed by atoms with E-state index in [1.165, 1.54) is 0 Å². The van der Waals surface area contributed by atoms with Gasteiger partial charge in [0.05, 0.1) is 0 Å². The Balaban J connectivity index is 3.46. The van der Waals surface area contributed by atoms with E-state index in [0.717, 1.165) is 16.3 Å². The second kappa shape index (κ2) is 4.01. The first-order valence-corrected chi connectivity index (χ1v) is 4.86. The molecule has 0 spiro atoms. The van der Waals surface area contributed by atoms with Gasteiger partial charge >= 0.3 is 0 Å². The lowest BCUT2D eigenvalue weighted by Gasteiger charge is -2.14. The molecule has 3 heteroatoms. The fourth-order valence-electron chi connectivity index (χ4n) is 0.530. The van der Waals surface area contributed by atoms with Crippen molar-refractivity contribution in [2.45, 2.75) is 23.5 Å². The zero-order chi connectivity index (χ0) is 6.73. The molecule has 0 aromatic rings. The quantitative estimate of drug-likeness (QED) is 0.433. The van der Waals surface area contributed by atoms with E-state index in [4.69, 9.17) is 23.2 Å². The molecule has 0 aromatic carbocycles. The van der Waals surface area contributed by atoms with E-state index in [1.807, 2.05) is 0 Å². The third kappa shape index (κ3) is 3.20. The topological polar surface area (TPSA) is 0 Å². The Morgan fingerprint density at radius 3 is 1.62 bits per heavy atom. The first-order chi connectivity index (χ1) is 3.55. The Kier molecular flexibility index (Phi) is 4.57. The minimum Gasteiger partial charge on any atom is -0.139 e. The van der Waals surface area contributed by atoms with Crippen molar-refractivity contribution in [3.05, 3.63) is 0 Å². The van der Waals surface area contributed by atoms with Crippen LogP contribution >= 0.6 is 23.2 Å². The predicted octanol–water partition coefficient (Wildman–Crippen LogP) is 1.45. The average Bonchev–Trinajstić information content (AvgIpc) is 1.64. The van der Waals surface area contributed by atoms with E-state index < -0.39 is 0 Å². The van der Waals surface area contributed by atoms with E-state index in [-0.39, 0.29) is 9.62 Å². The van der Waals surface area contributed by atoms with Gasteiger partial charge in [0, 0.05) is 5.38 Å².